The Hall–Kier alpha value is -2.33. The summed E-state index contributed by atoms with van der Waals surface area (Å²) in [5.74, 6) is 2.14. The van der Waals surface area contributed by atoms with Crippen LogP contribution in [-0.4, -0.2) is 31.6 Å². The molecule has 0 aromatic heterocycles. The number of benzene rings is 2. The second kappa shape index (κ2) is 7.73. The fourth-order valence-corrected chi connectivity index (χ4v) is 4.20. The summed E-state index contributed by atoms with van der Waals surface area (Å²) in [6.07, 6.45) is 3.16. The summed E-state index contributed by atoms with van der Waals surface area (Å²) in [6.45, 7) is 6.93. The van der Waals surface area contributed by atoms with Gasteiger partial charge in [-0.3, -0.25) is 4.79 Å². The summed E-state index contributed by atoms with van der Waals surface area (Å²) in [7, 11) is 0. The average Bonchev–Trinajstić information content (AvgIpc) is 3.33. The van der Waals surface area contributed by atoms with Crippen molar-refractivity contribution in [3.8, 4) is 22.6 Å². The Morgan fingerprint density at radius 3 is 2.41 bits per heavy atom. The monoisotopic (exact) mass is 365 g/mol. The second-order valence-corrected chi connectivity index (χ2v) is 7.35. The topological polar surface area (TPSA) is 47.6 Å². The first-order valence-electron chi connectivity index (χ1n) is 10.1. The van der Waals surface area contributed by atoms with Gasteiger partial charge in [0.05, 0.1) is 6.61 Å². The quantitative estimate of drug-likeness (QED) is 0.672. The van der Waals surface area contributed by atoms with E-state index >= 15 is 0 Å². The van der Waals surface area contributed by atoms with E-state index in [0.29, 0.717) is 18.1 Å². The zero-order valence-electron chi connectivity index (χ0n) is 16.1. The minimum Gasteiger partial charge on any atom is -0.493 e. The number of rotatable bonds is 7. The summed E-state index contributed by atoms with van der Waals surface area (Å²) < 4.78 is 12.5. The highest BCUT2D eigenvalue weighted by Crippen LogP contribution is 2.47. The van der Waals surface area contributed by atoms with Gasteiger partial charge in [-0.1, -0.05) is 38.1 Å². The summed E-state index contributed by atoms with van der Waals surface area (Å²) in [4.78, 5) is 13.0. The molecule has 1 saturated heterocycles. The van der Waals surface area contributed by atoms with E-state index in [2.05, 4.69) is 19.2 Å². The van der Waals surface area contributed by atoms with Gasteiger partial charge in [-0.2, -0.15) is 0 Å². The van der Waals surface area contributed by atoms with Gasteiger partial charge in [-0.25, -0.2) is 0 Å². The Morgan fingerprint density at radius 2 is 1.78 bits per heavy atom. The van der Waals surface area contributed by atoms with Crippen LogP contribution in [0.25, 0.3) is 11.1 Å². The Labute approximate surface area is 160 Å². The van der Waals surface area contributed by atoms with Crippen LogP contribution in [0.5, 0.6) is 11.5 Å². The van der Waals surface area contributed by atoms with E-state index in [1.54, 1.807) is 0 Å². The number of carbonyl (C=O) groups excluding carboxylic acids is 1. The van der Waals surface area contributed by atoms with E-state index in [0.717, 1.165) is 60.5 Å². The molecular formula is C23H27NO3. The Balaban J connectivity index is 1.76. The first-order valence-corrected chi connectivity index (χ1v) is 10.1. The van der Waals surface area contributed by atoms with Crippen molar-refractivity contribution in [3.05, 3.63) is 47.5 Å². The summed E-state index contributed by atoms with van der Waals surface area (Å²) >= 11 is 0. The van der Waals surface area contributed by atoms with Gasteiger partial charge in [-0.15, -0.1) is 0 Å². The molecule has 0 bridgehead atoms. The molecule has 1 N–H and O–H groups in total. The summed E-state index contributed by atoms with van der Waals surface area (Å²) in [5.41, 5.74) is 3.22. The minimum absolute atomic E-state index is 0.0583. The highest BCUT2D eigenvalue weighted by molar-refractivity contribution is 6.23. The third-order valence-corrected chi connectivity index (χ3v) is 5.56. The zero-order chi connectivity index (χ0) is 18.8. The van der Waals surface area contributed by atoms with Crippen molar-refractivity contribution in [2.75, 3.05) is 19.7 Å². The predicted octanol–water partition coefficient (Wildman–Crippen LogP) is 4.45. The van der Waals surface area contributed by atoms with Crippen LogP contribution < -0.4 is 14.8 Å². The standard InChI is InChI=1S/C23H27NO3/c1-3-13-26-19-9-5-7-16-21(19)22-17(23(16)25)8-6-10-20(22)27-18(4-2)15-11-12-24-14-15/h5-10,15,18,24H,3-4,11-14H2,1-2H3. The molecule has 4 nitrogen and oxygen atoms in total. The van der Waals surface area contributed by atoms with Crippen LogP contribution >= 0.6 is 0 Å². The van der Waals surface area contributed by atoms with E-state index in [4.69, 9.17) is 9.47 Å². The number of ketones is 1. The first-order chi connectivity index (χ1) is 13.2. The van der Waals surface area contributed by atoms with Crippen molar-refractivity contribution < 1.29 is 14.3 Å². The molecule has 1 fully saturated rings. The van der Waals surface area contributed by atoms with Crippen molar-refractivity contribution in [3.63, 3.8) is 0 Å². The number of fused-ring (bicyclic) bond motifs is 3. The Morgan fingerprint density at radius 1 is 1.07 bits per heavy atom. The van der Waals surface area contributed by atoms with Gasteiger partial charge in [0, 0.05) is 34.7 Å². The third-order valence-electron chi connectivity index (χ3n) is 5.56. The number of hydrogen-bond acceptors (Lipinski definition) is 4. The number of nitrogens with one attached hydrogen (secondary N) is 1. The third kappa shape index (κ3) is 3.23. The molecule has 0 radical (unpaired) electrons. The molecule has 2 atom stereocenters. The summed E-state index contributed by atoms with van der Waals surface area (Å²) in [6, 6.07) is 11.5. The van der Waals surface area contributed by atoms with Crippen LogP contribution in [0.3, 0.4) is 0 Å². The maximum atomic E-state index is 13.0. The molecule has 4 rings (SSSR count). The minimum atomic E-state index is 0.0583. The number of hydrogen-bond donors (Lipinski definition) is 1. The van der Waals surface area contributed by atoms with E-state index in [1.165, 1.54) is 0 Å². The Kier molecular flexibility index (Phi) is 5.17. The van der Waals surface area contributed by atoms with Crippen LogP contribution in [0.1, 0.15) is 49.0 Å². The van der Waals surface area contributed by atoms with Crippen LogP contribution in [-0.2, 0) is 0 Å². The zero-order valence-corrected chi connectivity index (χ0v) is 16.1. The molecule has 2 unspecified atom stereocenters. The molecule has 2 aliphatic rings. The van der Waals surface area contributed by atoms with Crippen LogP contribution in [0.4, 0.5) is 0 Å². The first kappa shape index (κ1) is 18.1. The van der Waals surface area contributed by atoms with E-state index in [9.17, 15) is 4.79 Å². The molecule has 142 valence electrons. The lowest BCUT2D eigenvalue weighted by Gasteiger charge is -2.24. The van der Waals surface area contributed by atoms with Crippen molar-refractivity contribution >= 4 is 5.78 Å². The molecule has 1 aliphatic heterocycles. The van der Waals surface area contributed by atoms with Gasteiger partial charge in [0.25, 0.3) is 0 Å². The normalized spacial score (nSPS) is 18.9. The van der Waals surface area contributed by atoms with E-state index in [-0.39, 0.29) is 11.9 Å². The molecule has 4 heteroatoms. The molecule has 27 heavy (non-hydrogen) atoms. The lowest BCUT2D eigenvalue weighted by Crippen LogP contribution is -2.28. The van der Waals surface area contributed by atoms with Gasteiger partial charge >= 0.3 is 0 Å². The number of carbonyl (C=O) groups is 1. The van der Waals surface area contributed by atoms with Crippen molar-refractivity contribution in [1.82, 2.24) is 5.32 Å². The highest BCUT2D eigenvalue weighted by Gasteiger charge is 2.34. The Bertz CT molecular complexity index is 840. The molecule has 2 aromatic rings. The molecular weight excluding hydrogens is 338 g/mol. The predicted molar refractivity (Wildman–Crippen MR) is 107 cm³/mol. The van der Waals surface area contributed by atoms with E-state index in [1.807, 2.05) is 36.4 Å². The lowest BCUT2D eigenvalue weighted by molar-refractivity contribution is 0.104. The fourth-order valence-electron chi connectivity index (χ4n) is 4.20. The van der Waals surface area contributed by atoms with Crippen LogP contribution in [0, 0.1) is 5.92 Å². The number of ether oxygens (including phenoxy) is 2. The van der Waals surface area contributed by atoms with Gasteiger partial charge < -0.3 is 14.8 Å². The van der Waals surface area contributed by atoms with Gasteiger partial charge in [0.15, 0.2) is 5.78 Å². The largest absolute Gasteiger partial charge is 0.493 e. The maximum Gasteiger partial charge on any atom is 0.194 e. The lowest BCUT2D eigenvalue weighted by atomic mass is 9.98. The molecule has 2 aromatic carbocycles. The van der Waals surface area contributed by atoms with Crippen molar-refractivity contribution in [1.29, 1.82) is 0 Å². The SMILES string of the molecule is CCCOc1cccc2c1-c1c(OC(CC)C3CCNC3)cccc1C2=O. The molecule has 0 saturated carbocycles. The molecule has 0 spiro atoms. The smallest absolute Gasteiger partial charge is 0.194 e. The molecule has 0 amide bonds. The van der Waals surface area contributed by atoms with E-state index < -0.39 is 0 Å². The van der Waals surface area contributed by atoms with Crippen molar-refractivity contribution in [2.45, 2.75) is 39.2 Å². The van der Waals surface area contributed by atoms with Gasteiger partial charge in [-0.05, 0) is 37.9 Å². The van der Waals surface area contributed by atoms with Crippen LogP contribution in [0.15, 0.2) is 36.4 Å². The van der Waals surface area contributed by atoms with Crippen molar-refractivity contribution in [2.24, 2.45) is 5.92 Å². The second-order valence-electron chi connectivity index (χ2n) is 7.35. The van der Waals surface area contributed by atoms with Crippen LogP contribution in [0.2, 0.25) is 0 Å². The average molecular weight is 365 g/mol. The maximum absolute atomic E-state index is 13.0. The molecule has 1 aliphatic carbocycles. The highest BCUT2D eigenvalue weighted by atomic mass is 16.5. The summed E-state index contributed by atoms with van der Waals surface area (Å²) in [5, 5.41) is 3.43. The fraction of sp³-hybridized carbons (Fsp3) is 0.435. The molecule has 1 heterocycles. The van der Waals surface area contributed by atoms with Gasteiger partial charge in [0.1, 0.15) is 17.6 Å². The van der Waals surface area contributed by atoms with Gasteiger partial charge in [0.2, 0.25) is 0 Å².